The van der Waals surface area contributed by atoms with E-state index in [1.165, 1.54) is 6.42 Å². The monoisotopic (exact) mass is 313 g/mol. The molecular weight excluding hydrogens is 290 g/mol. The molecule has 1 saturated heterocycles. The van der Waals surface area contributed by atoms with Gasteiger partial charge in [0, 0.05) is 44.1 Å². The van der Waals surface area contributed by atoms with Gasteiger partial charge in [0.05, 0.1) is 11.8 Å². The Morgan fingerprint density at radius 3 is 2.78 bits per heavy atom. The SMILES string of the molecule is Cc1c(CNc2ncccc2C(=O)N2CCCCC2)cnn1C. The zero-order chi connectivity index (χ0) is 16.2. The van der Waals surface area contributed by atoms with Crippen LogP contribution >= 0.6 is 0 Å². The molecule has 0 unspecified atom stereocenters. The molecule has 1 aliphatic rings. The van der Waals surface area contributed by atoms with E-state index in [2.05, 4.69) is 15.4 Å². The summed E-state index contributed by atoms with van der Waals surface area (Å²) in [6.45, 7) is 4.32. The van der Waals surface area contributed by atoms with Gasteiger partial charge in [-0.25, -0.2) is 4.98 Å². The molecule has 0 atom stereocenters. The van der Waals surface area contributed by atoms with E-state index in [1.807, 2.05) is 41.9 Å². The van der Waals surface area contributed by atoms with Gasteiger partial charge in [-0.15, -0.1) is 0 Å². The number of amides is 1. The van der Waals surface area contributed by atoms with Crippen molar-refractivity contribution in [2.45, 2.75) is 32.7 Å². The quantitative estimate of drug-likeness (QED) is 0.941. The summed E-state index contributed by atoms with van der Waals surface area (Å²) < 4.78 is 1.84. The highest BCUT2D eigenvalue weighted by molar-refractivity contribution is 5.98. The second kappa shape index (κ2) is 6.81. The van der Waals surface area contributed by atoms with Crippen molar-refractivity contribution in [2.75, 3.05) is 18.4 Å². The number of anilines is 1. The molecule has 1 fully saturated rings. The van der Waals surface area contributed by atoms with Gasteiger partial charge < -0.3 is 10.2 Å². The minimum absolute atomic E-state index is 0.0724. The molecule has 0 radical (unpaired) electrons. The maximum Gasteiger partial charge on any atom is 0.257 e. The molecule has 3 rings (SSSR count). The molecular formula is C17H23N5O. The Morgan fingerprint density at radius 2 is 2.09 bits per heavy atom. The van der Waals surface area contributed by atoms with E-state index in [9.17, 15) is 4.79 Å². The third-order valence-electron chi connectivity index (χ3n) is 4.46. The molecule has 2 aromatic heterocycles. The zero-order valence-electron chi connectivity index (χ0n) is 13.7. The fourth-order valence-electron chi connectivity index (χ4n) is 2.88. The summed E-state index contributed by atoms with van der Waals surface area (Å²) in [5.74, 6) is 0.717. The van der Waals surface area contributed by atoms with Gasteiger partial charge in [-0.1, -0.05) is 0 Å². The van der Waals surface area contributed by atoms with Crippen molar-refractivity contribution in [3.8, 4) is 0 Å². The topological polar surface area (TPSA) is 63.1 Å². The molecule has 0 aliphatic carbocycles. The second-order valence-electron chi connectivity index (χ2n) is 5.98. The summed E-state index contributed by atoms with van der Waals surface area (Å²) in [4.78, 5) is 19.0. The molecule has 3 heterocycles. The van der Waals surface area contributed by atoms with Crippen LogP contribution in [0.1, 0.15) is 40.9 Å². The fraction of sp³-hybridized carbons (Fsp3) is 0.471. The Kier molecular flexibility index (Phi) is 4.60. The Morgan fingerprint density at radius 1 is 1.30 bits per heavy atom. The molecule has 122 valence electrons. The van der Waals surface area contributed by atoms with Gasteiger partial charge in [-0.05, 0) is 38.3 Å². The van der Waals surface area contributed by atoms with Gasteiger partial charge in [0.1, 0.15) is 5.82 Å². The summed E-state index contributed by atoms with van der Waals surface area (Å²) in [6, 6.07) is 3.67. The first kappa shape index (κ1) is 15.5. The Balaban J connectivity index is 1.75. The first-order chi connectivity index (χ1) is 11.2. The van der Waals surface area contributed by atoms with Crippen LogP contribution in [-0.4, -0.2) is 38.7 Å². The Labute approximate surface area is 136 Å². The molecule has 0 aromatic carbocycles. The van der Waals surface area contributed by atoms with Gasteiger partial charge in [0.25, 0.3) is 5.91 Å². The van der Waals surface area contributed by atoms with Crippen molar-refractivity contribution in [1.82, 2.24) is 19.7 Å². The number of aromatic nitrogens is 3. The van der Waals surface area contributed by atoms with Crippen LogP contribution in [0.5, 0.6) is 0 Å². The summed E-state index contributed by atoms with van der Waals surface area (Å²) in [5, 5.41) is 7.53. The summed E-state index contributed by atoms with van der Waals surface area (Å²) in [7, 11) is 1.92. The molecule has 0 bridgehead atoms. The third kappa shape index (κ3) is 3.36. The average Bonchev–Trinajstić information content (AvgIpc) is 2.92. The van der Waals surface area contributed by atoms with Gasteiger partial charge in [-0.2, -0.15) is 5.10 Å². The van der Waals surface area contributed by atoms with E-state index in [4.69, 9.17) is 0 Å². The van der Waals surface area contributed by atoms with Crippen LogP contribution in [0.15, 0.2) is 24.5 Å². The molecule has 1 aliphatic heterocycles. The number of aryl methyl sites for hydroxylation is 1. The summed E-state index contributed by atoms with van der Waals surface area (Å²) >= 11 is 0. The minimum atomic E-state index is 0.0724. The Bertz CT molecular complexity index is 688. The van der Waals surface area contributed by atoms with E-state index in [0.29, 0.717) is 17.9 Å². The van der Waals surface area contributed by atoms with E-state index in [-0.39, 0.29) is 5.91 Å². The highest BCUT2D eigenvalue weighted by atomic mass is 16.2. The smallest absolute Gasteiger partial charge is 0.257 e. The molecule has 0 spiro atoms. The van der Waals surface area contributed by atoms with Crippen molar-refractivity contribution in [3.05, 3.63) is 41.3 Å². The van der Waals surface area contributed by atoms with E-state index >= 15 is 0 Å². The van der Waals surface area contributed by atoms with Crippen molar-refractivity contribution in [3.63, 3.8) is 0 Å². The minimum Gasteiger partial charge on any atom is -0.365 e. The van der Waals surface area contributed by atoms with Crippen molar-refractivity contribution < 1.29 is 4.79 Å². The lowest BCUT2D eigenvalue weighted by Crippen LogP contribution is -2.36. The number of piperidine rings is 1. The fourth-order valence-corrected chi connectivity index (χ4v) is 2.88. The Hall–Kier alpha value is -2.37. The predicted molar refractivity (Wildman–Crippen MR) is 89.3 cm³/mol. The first-order valence-electron chi connectivity index (χ1n) is 8.12. The number of carbonyl (C=O) groups excluding carboxylic acids is 1. The molecule has 6 heteroatoms. The van der Waals surface area contributed by atoms with Crippen LogP contribution in [0.25, 0.3) is 0 Å². The average molecular weight is 313 g/mol. The lowest BCUT2D eigenvalue weighted by molar-refractivity contribution is 0.0725. The molecule has 1 amide bonds. The second-order valence-corrected chi connectivity index (χ2v) is 5.98. The van der Waals surface area contributed by atoms with Crippen molar-refractivity contribution in [1.29, 1.82) is 0 Å². The number of rotatable bonds is 4. The lowest BCUT2D eigenvalue weighted by atomic mass is 10.1. The van der Waals surface area contributed by atoms with Crippen LogP contribution in [0.4, 0.5) is 5.82 Å². The number of carbonyl (C=O) groups is 1. The van der Waals surface area contributed by atoms with Crippen molar-refractivity contribution in [2.24, 2.45) is 7.05 Å². The number of hydrogen-bond donors (Lipinski definition) is 1. The molecule has 2 aromatic rings. The van der Waals surface area contributed by atoms with E-state index in [1.54, 1.807) is 6.20 Å². The van der Waals surface area contributed by atoms with Gasteiger partial charge in [0.2, 0.25) is 0 Å². The maximum absolute atomic E-state index is 12.7. The number of likely N-dealkylation sites (tertiary alicyclic amines) is 1. The van der Waals surface area contributed by atoms with Crippen LogP contribution in [0, 0.1) is 6.92 Å². The summed E-state index contributed by atoms with van der Waals surface area (Å²) in [6.07, 6.45) is 6.94. The highest BCUT2D eigenvalue weighted by Crippen LogP contribution is 2.19. The lowest BCUT2D eigenvalue weighted by Gasteiger charge is -2.27. The predicted octanol–water partition coefficient (Wildman–Crippen LogP) is 2.36. The maximum atomic E-state index is 12.7. The van der Waals surface area contributed by atoms with Crippen LogP contribution in [0.3, 0.4) is 0 Å². The number of hydrogen-bond acceptors (Lipinski definition) is 4. The molecule has 23 heavy (non-hydrogen) atoms. The first-order valence-corrected chi connectivity index (χ1v) is 8.12. The molecule has 0 saturated carbocycles. The standard InChI is InChI=1S/C17H23N5O/c1-13-14(12-20-21(13)2)11-19-16-15(7-6-8-18-16)17(23)22-9-4-3-5-10-22/h6-8,12H,3-5,9-11H2,1-2H3,(H,18,19). The highest BCUT2D eigenvalue weighted by Gasteiger charge is 2.21. The van der Waals surface area contributed by atoms with Crippen molar-refractivity contribution >= 4 is 11.7 Å². The molecule has 1 N–H and O–H groups in total. The van der Waals surface area contributed by atoms with Crippen LogP contribution < -0.4 is 5.32 Å². The van der Waals surface area contributed by atoms with E-state index < -0.39 is 0 Å². The van der Waals surface area contributed by atoms with E-state index in [0.717, 1.165) is 37.2 Å². The normalized spacial score (nSPS) is 14.8. The van der Waals surface area contributed by atoms with Gasteiger partial charge in [0.15, 0.2) is 0 Å². The number of pyridine rings is 1. The zero-order valence-corrected chi connectivity index (χ0v) is 13.7. The van der Waals surface area contributed by atoms with Crippen LogP contribution in [0.2, 0.25) is 0 Å². The largest absolute Gasteiger partial charge is 0.365 e. The molecule has 6 nitrogen and oxygen atoms in total. The number of nitrogens with zero attached hydrogens (tertiary/aromatic N) is 4. The van der Waals surface area contributed by atoms with Gasteiger partial charge >= 0.3 is 0 Å². The third-order valence-corrected chi connectivity index (χ3v) is 4.46. The van der Waals surface area contributed by atoms with Gasteiger partial charge in [-0.3, -0.25) is 9.48 Å². The number of nitrogens with one attached hydrogen (secondary N) is 1. The summed E-state index contributed by atoms with van der Waals surface area (Å²) in [5.41, 5.74) is 2.86. The van der Waals surface area contributed by atoms with Crippen LogP contribution in [-0.2, 0) is 13.6 Å².